The molecule has 1 heterocycles. The van der Waals surface area contributed by atoms with Crippen LogP contribution < -0.4 is 5.32 Å². The molecular weight excluding hydrogens is 383 g/mol. The number of nitrogens with zero attached hydrogens (tertiary/aromatic N) is 1. The lowest BCUT2D eigenvalue weighted by Crippen LogP contribution is -2.47. The Morgan fingerprint density at radius 3 is 2.10 bits per heavy atom. The van der Waals surface area contributed by atoms with Gasteiger partial charge in [0.15, 0.2) is 0 Å². The quantitative estimate of drug-likeness (QED) is 0.525. The first-order valence-corrected chi connectivity index (χ1v) is 11.5. The van der Waals surface area contributed by atoms with E-state index in [2.05, 4.69) is 83.0 Å². The standard InChI is InChI=1S/C28H31FN2/c29-28(15-17-31(18-16-28)20-22-7-3-1-4-8-22)21-30-27-19-26(27)25-13-11-24(12-14-25)23-9-5-2-6-10-23/h1-14,26-27,30H,15-21H2. The molecule has 1 N–H and O–H groups in total. The lowest BCUT2D eigenvalue weighted by Gasteiger charge is -2.36. The van der Waals surface area contributed by atoms with Gasteiger partial charge in [-0.15, -0.1) is 0 Å². The van der Waals surface area contributed by atoms with Gasteiger partial charge >= 0.3 is 0 Å². The van der Waals surface area contributed by atoms with Crippen LogP contribution >= 0.6 is 0 Å². The molecule has 5 rings (SSSR count). The zero-order valence-corrected chi connectivity index (χ0v) is 18.0. The number of benzene rings is 3. The van der Waals surface area contributed by atoms with Crippen molar-refractivity contribution in [3.8, 4) is 11.1 Å². The van der Waals surface area contributed by atoms with E-state index >= 15 is 4.39 Å². The third kappa shape index (κ3) is 5.06. The van der Waals surface area contributed by atoms with Gasteiger partial charge in [-0.2, -0.15) is 0 Å². The molecule has 2 nitrogen and oxygen atoms in total. The van der Waals surface area contributed by atoms with Crippen molar-refractivity contribution in [3.05, 3.63) is 96.1 Å². The SMILES string of the molecule is FC1(CNC2CC2c2ccc(-c3ccccc3)cc2)CCN(Cc2ccccc2)CC1. The molecule has 1 aliphatic carbocycles. The smallest absolute Gasteiger partial charge is 0.125 e. The van der Waals surface area contributed by atoms with E-state index in [1.54, 1.807) is 0 Å². The Bertz CT molecular complexity index is 963. The van der Waals surface area contributed by atoms with Crippen molar-refractivity contribution in [3.63, 3.8) is 0 Å². The monoisotopic (exact) mass is 414 g/mol. The molecule has 3 aromatic rings. The second kappa shape index (κ2) is 8.94. The van der Waals surface area contributed by atoms with Gasteiger partial charge < -0.3 is 5.32 Å². The number of nitrogens with one attached hydrogen (secondary N) is 1. The lowest BCUT2D eigenvalue weighted by molar-refractivity contribution is 0.0544. The van der Waals surface area contributed by atoms with Crippen LogP contribution in [0.4, 0.5) is 4.39 Å². The van der Waals surface area contributed by atoms with Crippen molar-refractivity contribution < 1.29 is 4.39 Å². The van der Waals surface area contributed by atoms with E-state index in [9.17, 15) is 0 Å². The van der Waals surface area contributed by atoms with E-state index in [0.29, 0.717) is 31.3 Å². The first kappa shape index (κ1) is 20.4. The van der Waals surface area contributed by atoms with Crippen LogP contribution in [0.1, 0.15) is 36.3 Å². The second-order valence-corrected chi connectivity index (χ2v) is 9.23. The molecule has 160 valence electrons. The molecule has 3 heteroatoms. The Morgan fingerprint density at radius 2 is 1.42 bits per heavy atom. The molecule has 1 saturated carbocycles. The summed E-state index contributed by atoms with van der Waals surface area (Å²) in [5, 5.41) is 3.53. The molecule has 2 fully saturated rings. The van der Waals surface area contributed by atoms with Crippen molar-refractivity contribution >= 4 is 0 Å². The van der Waals surface area contributed by atoms with Gasteiger partial charge in [0.25, 0.3) is 0 Å². The summed E-state index contributed by atoms with van der Waals surface area (Å²) in [6.07, 6.45) is 2.35. The summed E-state index contributed by atoms with van der Waals surface area (Å²) in [4.78, 5) is 2.38. The first-order valence-electron chi connectivity index (χ1n) is 11.5. The van der Waals surface area contributed by atoms with Crippen molar-refractivity contribution in [2.45, 2.75) is 43.4 Å². The van der Waals surface area contributed by atoms with Crippen LogP contribution in [0.15, 0.2) is 84.9 Å². The maximum Gasteiger partial charge on any atom is 0.125 e. The van der Waals surface area contributed by atoms with Crippen LogP contribution in [0.25, 0.3) is 11.1 Å². The Kier molecular flexibility index (Phi) is 5.89. The average Bonchev–Trinajstić information content (AvgIpc) is 3.61. The first-order chi connectivity index (χ1) is 15.2. The lowest BCUT2D eigenvalue weighted by atomic mass is 9.93. The zero-order chi connectivity index (χ0) is 21.1. The molecule has 2 aliphatic rings. The van der Waals surface area contributed by atoms with Crippen LogP contribution in [0.2, 0.25) is 0 Å². The number of halogens is 1. The highest BCUT2D eigenvalue weighted by Gasteiger charge is 2.41. The molecule has 0 bridgehead atoms. The molecule has 1 aliphatic heterocycles. The summed E-state index contributed by atoms with van der Waals surface area (Å²) in [6, 6.07) is 30.3. The Labute approximate surface area is 185 Å². The molecule has 0 spiro atoms. The van der Waals surface area contributed by atoms with E-state index in [-0.39, 0.29) is 0 Å². The van der Waals surface area contributed by atoms with Gasteiger partial charge in [0.2, 0.25) is 0 Å². The van der Waals surface area contributed by atoms with E-state index in [4.69, 9.17) is 0 Å². The van der Waals surface area contributed by atoms with Crippen LogP contribution in [0.5, 0.6) is 0 Å². The van der Waals surface area contributed by atoms with E-state index in [1.807, 2.05) is 12.1 Å². The van der Waals surface area contributed by atoms with E-state index in [0.717, 1.165) is 26.1 Å². The molecule has 0 aromatic heterocycles. The maximum absolute atomic E-state index is 15.4. The van der Waals surface area contributed by atoms with Gasteiger partial charge in [-0.05, 0) is 41.5 Å². The van der Waals surface area contributed by atoms with Crippen molar-refractivity contribution in [1.82, 2.24) is 10.2 Å². The van der Waals surface area contributed by atoms with Crippen LogP contribution in [0.3, 0.4) is 0 Å². The molecule has 2 unspecified atom stereocenters. The van der Waals surface area contributed by atoms with E-state index in [1.165, 1.54) is 22.3 Å². The fourth-order valence-corrected chi connectivity index (χ4v) is 4.79. The van der Waals surface area contributed by atoms with Gasteiger partial charge in [0, 0.05) is 38.1 Å². The second-order valence-electron chi connectivity index (χ2n) is 9.23. The van der Waals surface area contributed by atoms with Crippen molar-refractivity contribution in [2.75, 3.05) is 19.6 Å². The van der Waals surface area contributed by atoms with Gasteiger partial charge in [-0.1, -0.05) is 84.9 Å². The maximum atomic E-state index is 15.4. The minimum Gasteiger partial charge on any atom is -0.310 e. The van der Waals surface area contributed by atoms with Crippen molar-refractivity contribution in [1.29, 1.82) is 0 Å². The van der Waals surface area contributed by atoms with Crippen LogP contribution in [-0.2, 0) is 6.54 Å². The minimum atomic E-state index is -1.07. The Morgan fingerprint density at radius 1 is 0.806 bits per heavy atom. The number of alkyl halides is 1. The summed E-state index contributed by atoms with van der Waals surface area (Å²) < 4.78 is 15.4. The topological polar surface area (TPSA) is 15.3 Å². The highest BCUT2D eigenvalue weighted by molar-refractivity contribution is 5.63. The predicted octanol–water partition coefficient (Wildman–Crippen LogP) is 5.80. The molecule has 0 amide bonds. The predicted molar refractivity (Wildman–Crippen MR) is 126 cm³/mol. The summed E-state index contributed by atoms with van der Waals surface area (Å²) >= 11 is 0. The van der Waals surface area contributed by atoms with Gasteiger partial charge in [0.05, 0.1) is 0 Å². The molecule has 1 saturated heterocycles. The summed E-state index contributed by atoms with van der Waals surface area (Å²) in [5.41, 5.74) is 4.10. The van der Waals surface area contributed by atoms with Gasteiger partial charge in [0.1, 0.15) is 5.67 Å². The Hall–Kier alpha value is -2.49. The summed E-state index contributed by atoms with van der Waals surface area (Å²) in [6.45, 7) is 3.08. The largest absolute Gasteiger partial charge is 0.310 e. The summed E-state index contributed by atoms with van der Waals surface area (Å²) in [5.74, 6) is 0.520. The number of hydrogen-bond acceptors (Lipinski definition) is 2. The fourth-order valence-electron chi connectivity index (χ4n) is 4.79. The Balaban J connectivity index is 1.08. The van der Waals surface area contributed by atoms with Gasteiger partial charge in [-0.3, -0.25) is 4.90 Å². The van der Waals surface area contributed by atoms with Crippen LogP contribution in [0, 0.1) is 0 Å². The molecule has 31 heavy (non-hydrogen) atoms. The average molecular weight is 415 g/mol. The number of piperidine rings is 1. The number of likely N-dealkylation sites (tertiary alicyclic amines) is 1. The molecular formula is C28H31FN2. The zero-order valence-electron chi connectivity index (χ0n) is 18.0. The molecule has 3 aromatic carbocycles. The van der Waals surface area contributed by atoms with Crippen molar-refractivity contribution in [2.24, 2.45) is 0 Å². The molecule has 0 radical (unpaired) electrons. The van der Waals surface area contributed by atoms with Gasteiger partial charge in [-0.25, -0.2) is 4.39 Å². The highest BCUT2D eigenvalue weighted by atomic mass is 19.1. The minimum absolute atomic E-state index is 0.414. The fraction of sp³-hybridized carbons (Fsp3) is 0.357. The normalized spacial score (nSPS) is 22.9. The highest BCUT2D eigenvalue weighted by Crippen LogP contribution is 2.42. The number of rotatable bonds is 7. The van der Waals surface area contributed by atoms with E-state index < -0.39 is 5.67 Å². The summed E-state index contributed by atoms with van der Waals surface area (Å²) in [7, 11) is 0. The number of hydrogen-bond donors (Lipinski definition) is 1. The third-order valence-corrected chi connectivity index (χ3v) is 6.92. The third-order valence-electron chi connectivity index (χ3n) is 6.92. The van der Waals surface area contributed by atoms with Crippen LogP contribution in [-0.4, -0.2) is 36.2 Å². The molecule has 2 atom stereocenters.